The predicted octanol–water partition coefficient (Wildman–Crippen LogP) is 1.97. The molecule has 0 amide bonds. The molecule has 7 nitrogen and oxygen atoms in total. The van der Waals surface area contributed by atoms with E-state index in [4.69, 9.17) is 5.73 Å². The summed E-state index contributed by atoms with van der Waals surface area (Å²) in [5, 5.41) is 11.3. The van der Waals surface area contributed by atoms with E-state index in [-0.39, 0.29) is 29.4 Å². The molecule has 0 radical (unpaired) electrons. The molecule has 1 aliphatic heterocycles. The molecule has 120 valence electrons. The Labute approximate surface area is 133 Å². The van der Waals surface area contributed by atoms with Crippen molar-refractivity contribution < 1.29 is 13.3 Å². The standard InChI is InChI=1S/C15H15N3O4S/c16-12-5-6-13(18(19)20)14(9-12)17-7-8-23(21,22)15-4-2-1-3-11(15)10-17/h1-6,9H,7-8,10,16H2. The average Bonchev–Trinajstić information content (AvgIpc) is 2.64. The molecule has 0 saturated heterocycles. The zero-order valence-electron chi connectivity index (χ0n) is 12.2. The summed E-state index contributed by atoms with van der Waals surface area (Å²) < 4.78 is 24.7. The van der Waals surface area contributed by atoms with Crippen LogP contribution >= 0.6 is 0 Å². The number of benzene rings is 2. The molecule has 0 atom stereocenters. The van der Waals surface area contributed by atoms with Crippen LogP contribution in [0.3, 0.4) is 0 Å². The number of rotatable bonds is 2. The van der Waals surface area contributed by atoms with Gasteiger partial charge in [0.05, 0.1) is 15.6 Å². The first-order valence-electron chi connectivity index (χ1n) is 6.98. The zero-order chi connectivity index (χ0) is 16.6. The Bertz CT molecular complexity index is 880. The van der Waals surface area contributed by atoms with Crippen LogP contribution in [0.25, 0.3) is 0 Å². The summed E-state index contributed by atoms with van der Waals surface area (Å²) in [7, 11) is -3.41. The second-order valence-corrected chi connectivity index (χ2v) is 7.43. The van der Waals surface area contributed by atoms with Gasteiger partial charge >= 0.3 is 0 Å². The Morgan fingerprint density at radius 1 is 1.17 bits per heavy atom. The van der Waals surface area contributed by atoms with Crippen LogP contribution in [0.4, 0.5) is 17.1 Å². The van der Waals surface area contributed by atoms with Crippen LogP contribution in [0.2, 0.25) is 0 Å². The van der Waals surface area contributed by atoms with Crippen LogP contribution in [0.1, 0.15) is 5.56 Å². The van der Waals surface area contributed by atoms with Gasteiger partial charge in [0.2, 0.25) is 0 Å². The van der Waals surface area contributed by atoms with Gasteiger partial charge in [-0.3, -0.25) is 10.1 Å². The summed E-state index contributed by atoms with van der Waals surface area (Å²) in [6, 6.07) is 11.0. The fourth-order valence-electron chi connectivity index (χ4n) is 2.72. The molecule has 0 aromatic heterocycles. The first-order valence-corrected chi connectivity index (χ1v) is 8.63. The maximum atomic E-state index is 12.4. The lowest BCUT2D eigenvalue weighted by atomic mass is 10.1. The summed E-state index contributed by atoms with van der Waals surface area (Å²) in [6.45, 7) is 0.445. The summed E-state index contributed by atoms with van der Waals surface area (Å²) in [6.07, 6.45) is 0. The maximum Gasteiger partial charge on any atom is 0.292 e. The molecule has 2 N–H and O–H groups in total. The highest BCUT2D eigenvalue weighted by atomic mass is 32.2. The van der Waals surface area contributed by atoms with E-state index in [0.717, 1.165) is 0 Å². The van der Waals surface area contributed by atoms with Crippen molar-refractivity contribution in [2.24, 2.45) is 0 Å². The Morgan fingerprint density at radius 3 is 2.65 bits per heavy atom. The van der Waals surface area contributed by atoms with Crippen molar-refractivity contribution in [2.75, 3.05) is 22.9 Å². The Balaban J connectivity index is 2.11. The van der Waals surface area contributed by atoms with Gasteiger partial charge in [-0.1, -0.05) is 18.2 Å². The third kappa shape index (κ3) is 2.85. The van der Waals surface area contributed by atoms with E-state index in [0.29, 0.717) is 16.9 Å². The van der Waals surface area contributed by atoms with Gasteiger partial charge in [-0.15, -0.1) is 0 Å². The maximum absolute atomic E-state index is 12.4. The highest BCUT2D eigenvalue weighted by Crippen LogP contribution is 2.33. The smallest absolute Gasteiger partial charge is 0.292 e. The number of nitrogens with two attached hydrogens (primary N) is 1. The molecular weight excluding hydrogens is 318 g/mol. The summed E-state index contributed by atoms with van der Waals surface area (Å²) in [5.74, 6) is -0.101. The molecule has 2 aromatic carbocycles. The lowest BCUT2D eigenvalue weighted by molar-refractivity contribution is -0.384. The minimum atomic E-state index is -3.41. The molecule has 1 aliphatic rings. The van der Waals surface area contributed by atoms with Crippen LogP contribution in [0.15, 0.2) is 47.4 Å². The average molecular weight is 333 g/mol. The number of nitrogens with zero attached hydrogens (tertiary/aromatic N) is 2. The highest BCUT2D eigenvalue weighted by molar-refractivity contribution is 7.91. The lowest BCUT2D eigenvalue weighted by Crippen LogP contribution is -2.26. The summed E-state index contributed by atoms with van der Waals surface area (Å²) in [5.41, 5.74) is 7.02. The first-order chi connectivity index (χ1) is 10.9. The molecule has 2 aromatic rings. The minimum Gasteiger partial charge on any atom is -0.399 e. The monoisotopic (exact) mass is 333 g/mol. The number of nitro groups is 1. The molecule has 23 heavy (non-hydrogen) atoms. The van der Waals surface area contributed by atoms with E-state index in [2.05, 4.69) is 0 Å². The minimum absolute atomic E-state index is 0.0871. The summed E-state index contributed by atoms with van der Waals surface area (Å²) in [4.78, 5) is 12.7. The number of nitro benzene ring substituents is 1. The fourth-order valence-corrected chi connectivity index (χ4v) is 4.22. The largest absolute Gasteiger partial charge is 0.399 e. The van der Waals surface area contributed by atoms with Gasteiger partial charge < -0.3 is 10.6 Å². The second kappa shape index (κ2) is 5.54. The number of nitrogen functional groups attached to an aromatic ring is 1. The lowest BCUT2D eigenvalue weighted by Gasteiger charge is -2.22. The van der Waals surface area contributed by atoms with E-state index in [1.54, 1.807) is 29.2 Å². The second-order valence-electron chi connectivity index (χ2n) is 5.35. The quantitative estimate of drug-likeness (QED) is 0.511. The van der Waals surface area contributed by atoms with Gasteiger partial charge in [0, 0.05) is 24.8 Å². The van der Waals surface area contributed by atoms with Crippen LogP contribution in [0, 0.1) is 10.1 Å². The van der Waals surface area contributed by atoms with E-state index < -0.39 is 14.8 Å². The van der Waals surface area contributed by atoms with Gasteiger partial charge in [-0.25, -0.2) is 8.42 Å². The molecule has 0 fully saturated rings. The van der Waals surface area contributed by atoms with Gasteiger partial charge in [0.15, 0.2) is 9.84 Å². The molecular formula is C15H15N3O4S. The third-order valence-electron chi connectivity index (χ3n) is 3.84. The molecule has 0 saturated carbocycles. The fraction of sp³-hybridized carbons (Fsp3) is 0.200. The van der Waals surface area contributed by atoms with E-state index in [1.807, 2.05) is 0 Å². The number of hydrogen-bond acceptors (Lipinski definition) is 6. The van der Waals surface area contributed by atoms with Crippen molar-refractivity contribution in [3.05, 3.63) is 58.1 Å². The van der Waals surface area contributed by atoms with Crippen molar-refractivity contribution >= 4 is 26.9 Å². The van der Waals surface area contributed by atoms with Crippen molar-refractivity contribution in [1.29, 1.82) is 0 Å². The number of fused-ring (bicyclic) bond motifs is 1. The number of sulfone groups is 1. The van der Waals surface area contributed by atoms with Crippen molar-refractivity contribution in [3.63, 3.8) is 0 Å². The van der Waals surface area contributed by atoms with Crippen LogP contribution in [0.5, 0.6) is 0 Å². The Morgan fingerprint density at radius 2 is 1.91 bits per heavy atom. The topological polar surface area (TPSA) is 107 Å². The number of hydrogen-bond donors (Lipinski definition) is 1. The summed E-state index contributed by atoms with van der Waals surface area (Å²) >= 11 is 0. The molecule has 1 heterocycles. The van der Waals surface area contributed by atoms with Gasteiger partial charge in [-0.2, -0.15) is 0 Å². The van der Waals surface area contributed by atoms with Gasteiger partial charge in [0.25, 0.3) is 5.69 Å². The SMILES string of the molecule is Nc1ccc([N+](=O)[O-])c(N2CCS(=O)(=O)c3ccccc3C2)c1. The van der Waals surface area contributed by atoms with E-state index in [9.17, 15) is 18.5 Å². The predicted molar refractivity (Wildman–Crippen MR) is 87.1 cm³/mol. The highest BCUT2D eigenvalue weighted by Gasteiger charge is 2.28. The van der Waals surface area contributed by atoms with Crippen LogP contribution in [-0.4, -0.2) is 25.6 Å². The molecule has 0 unspecified atom stereocenters. The van der Waals surface area contributed by atoms with Crippen molar-refractivity contribution in [1.82, 2.24) is 0 Å². The number of anilines is 2. The molecule has 3 rings (SSSR count). The van der Waals surface area contributed by atoms with E-state index in [1.165, 1.54) is 18.2 Å². The third-order valence-corrected chi connectivity index (χ3v) is 5.62. The zero-order valence-corrected chi connectivity index (χ0v) is 13.0. The van der Waals surface area contributed by atoms with Crippen LogP contribution in [-0.2, 0) is 16.4 Å². The Kier molecular flexibility index (Phi) is 3.69. The first kappa shape index (κ1) is 15.3. The van der Waals surface area contributed by atoms with Crippen LogP contribution < -0.4 is 10.6 Å². The normalized spacial score (nSPS) is 16.4. The van der Waals surface area contributed by atoms with Crippen molar-refractivity contribution in [2.45, 2.75) is 11.4 Å². The van der Waals surface area contributed by atoms with Gasteiger partial charge in [0.1, 0.15) is 5.69 Å². The Hall–Kier alpha value is -2.61. The molecule has 0 aliphatic carbocycles. The molecule has 0 spiro atoms. The molecule has 0 bridgehead atoms. The van der Waals surface area contributed by atoms with Crippen molar-refractivity contribution in [3.8, 4) is 0 Å². The molecule has 8 heteroatoms. The van der Waals surface area contributed by atoms with E-state index >= 15 is 0 Å². The van der Waals surface area contributed by atoms with Gasteiger partial charge in [-0.05, 0) is 23.8 Å².